The first-order chi connectivity index (χ1) is 14.0. The molecule has 0 spiro atoms. The Bertz CT molecular complexity index is 1030. The Balaban J connectivity index is 1.81. The molecule has 1 aliphatic carbocycles. The van der Waals surface area contributed by atoms with E-state index in [9.17, 15) is 0 Å². The smallest absolute Gasteiger partial charge is 0.213 e. The van der Waals surface area contributed by atoms with Crippen molar-refractivity contribution in [2.24, 2.45) is 5.92 Å². The highest BCUT2D eigenvalue weighted by Gasteiger charge is 2.31. The van der Waals surface area contributed by atoms with Gasteiger partial charge in [0.1, 0.15) is 5.76 Å². The lowest BCUT2D eigenvalue weighted by molar-refractivity contribution is -0.691. The molecular formula is C26H31N2O+. The first kappa shape index (κ1) is 19.5. The monoisotopic (exact) mass is 387 g/mol. The minimum Gasteiger partial charge on any atom is -0.497 e. The van der Waals surface area contributed by atoms with E-state index in [1.807, 2.05) is 0 Å². The minimum absolute atomic E-state index is 0.320. The van der Waals surface area contributed by atoms with Crippen LogP contribution < -0.4 is 4.57 Å². The van der Waals surface area contributed by atoms with Gasteiger partial charge in [-0.2, -0.15) is 4.57 Å². The summed E-state index contributed by atoms with van der Waals surface area (Å²) in [7, 11) is 1.73. The number of pyridine rings is 1. The second-order valence-electron chi connectivity index (χ2n) is 8.42. The zero-order chi connectivity index (χ0) is 20.5. The molecule has 1 aromatic heterocycles. The summed E-state index contributed by atoms with van der Waals surface area (Å²) < 4.78 is 7.78. The Labute approximate surface area is 174 Å². The van der Waals surface area contributed by atoms with Crippen molar-refractivity contribution in [3.63, 3.8) is 0 Å². The molecule has 1 aromatic carbocycles. The molecule has 3 heteroatoms. The van der Waals surface area contributed by atoms with E-state index < -0.39 is 0 Å². The van der Waals surface area contributed by atoms with Gasteiger partial charge in [-0.25, -0.2) is 0 Å². The zero-order valence-electron chi connectivity index (χ0n) is 18.0. The standard InChI is InChI=1S/C26H31N2O/c1-18(2)27-15-14-20(24-8-6-7-9-26(24)27)16-22-11-10-21-17-23(29-5)12-13-25(21)28(22)19(3)4/h6-19,21,25H,1-5H3/q+1. The van der Waals surface area contributed by atoms with E-state index in [2.05, 4.69) is 110 Å². The number of rotatable bonds is 4. The molecule has 1 aliphatic heterocycles. The fourth-order valence-corrected chi connectivity index (χ4v) is 4.49. The molecule has 150 valence electrons. The molecule has 0 saturated carbocycles. The largest absolute Gasteiger partial charge is 0.497 e. The highest BCUT2D eigenvalue weighted by molar-refractivity contribution is 5.86. The maximum Gasteiger partial charge on any atom is 0.213 e. The highest BCUT2D eigenvalue weighted by atomic mass is 16.5. The fourth-order valence-electron chi connectivity index (χ4n) is 4.49. The molecule has 2 atom stereocenters. The van der Waals surface area contributed by atoms with Crippen molar-refractivity contribution in [3.8, 4) is 0 Å². The molecule has 4 rings (SSSR count). The molecule has 2 heterocycles. The molecule has 2 unspecified atom stereocenters. The number of benzene rings is 1. The summed E-state index contributed by atoms with van der Waals surface area (Å²) in [5, 5.41) is 1.29. The number of nitrogens with zero attached hydrogens (tertiary/aromatic N) is 2. The van der Waals surface area contributed by atoms with Gasteiger partial charge in [0.15, 0.2) is 12.2 Å². The summed E-state index contributed by atoms with van der Waals surface area (Å²) in [5.74, 6) is 1.28. The van der Waals surface area contributed by atoms with E-state index in [1.165, 1.54) is 22.2 Å². The van der Waals surface area contributed by atoms with Gasteiger partial charge in [-0.05, 0) is 63.6 Å². The number of hydrogen-bond acceptors (Lipinski definition) is 2. The molecule has 0 radical (unpaired) electrons. The van der Waals surface area contributed by atoms with E-state index in [0.29, 0.717) is 24.0 Å². The van der Waals surface area contributed by atoms with Crippen molar-refractivity contribution in [1.82, 2.24) is 4.90 Å². The molecular weight excluding hydrogens is 356 g/mol. The molecule has 3 nitrogen and oxygen atoms in total. The number of para-hydroxylation sites is 1. The molecule has 0 saturated heterocycles. The van der Waals surface area contributed by atoms with E-state index in [1.54, 1.807) is 7.11 Å². The number of ether oxygens (including phenoxy) is 1. The SMILES string of the molecule is COC1=CC2C=CC(=Cc3cc[n+](C(C)C)c4ccccc34)N(C(C)C)C2C=C1. The molecule has 2 aromatic rings. The Kier molecular flexibility index (Phi) is 5.31. The van der Waals surface area contributed by atoms with Crippen LogP contribution in [0.2, 0.25) is 0 Å². The van der Waals surface area contributed by atoms with Crippen LogP contribution in [0.4, 0.5) is 0 Å². The van der Waals surface area contributed by atoms with Gasteiger partial charge in [0.05, 0.1) is 18.5 Å². The lowest BCUT2D eigenvalue weighted by Crippen LogP contribution is -2.44. The third-order valence-corrected chi connectivity index (χ3v) is 5.88. The van der Waals surface area contributed by atoms with Crippen molar-refractivity contribution >= 4 is 17.0 Å². The Hall–Kier alpha value is -2.81. The predicted molar refractivity (Wildman–Crippen MR) is 120 cm³/mol. The number of allylic oxidation sites excluding steroid dienone is 2. The van der Waals surface area contributed by atoms with Crippen LogP contribution in [0, 0.1) is 5.92 Å². The normalized spacial score (nSPS) is 22.5. The quantitative estimate of drug-likeness (QED) is 0.652. The molecule has 0 fully saturated rings. The number of hydrogen-bond donors (Lipinski definition) is 0. The van der Waals surface area contributed by atoms with Crippen molar-refractivity contribution in [3.05, 3.63) is 83.9 Å². The van der Waals surface area contributed by atoms with Gasteiger partial charge in [0.25, 0.3) is 0 Å². The summed E-state index contributed by atoms with van der Waals surface area (Å²) >= 11 is 0. The van der Waals surface area contributed by atoms with E-state index in [-0.39, 0.29) is 0 Å². The Morgan fingerprint density at radius 3 is 2.55 bits per heavy atom. The van der Waals surface area contributed by atoms with Crippen LogP contribution in [0.25, 0.3) is 17.0 Å². The lowest BCUT2D eigenvalue weighted by Gasteiger charge is -2.43. The third-order valence-electron chi connectivity index (χ3n) is 5.88. The van der Waals surface area contributed by atoms with Gasteiger partial charge in [0.2, 0.25) is 5.52 Å². The summed E-state index contributed by atoms with van der Waals surface area (Å²) in [6.07, 6.45) is 15.7. The number of fused-ring (bicyclic) bond motifs is 2. The predicted octanol–water partition coefficient (Wildman–Crippen LogP) is 5.41. The van der Waals surface area contributed by atoms with E-state index in [4.69, 9.17) is 4.74 Å². The molecule has 2 aliphatic rings. The van der Waals surface area contributed by atoms with Gasteiger partial charge in [-0.15, -0.1) is 0 Å². The topological polar surface area (TPSA) is 16.4 Å². The maximum atomic E-state index is 5.44. The first-order valence-electron chi connectivity index (χ1n) is 10.5. The second-order valence-corrected chi connectivity index (χ2v) is 8.42. The van der Waals surface area contributed by atoms with Crippen LogP contribution in [-0.2, 0) is 4.74 Å². The van der Waals surface area contributed by atoms with Gasteiger partial charge in [-0.1, -0.05) is 24.3 Å². The lowest BCUT2D eigenvalue weighted by atomic mass is 9.87. The molecule has 29 heavy (non-hydrogen) atoms. The minimum atomic E-state index is 0.320. The van der Waals surface area contributed by atoms with Crippen LogP contribution in [-0.4, -0.2) is 24.1 Å². The summed E-state index contributed by atoms with van der Waals surface area (Å²) in [6, 6.07) is 12.1. The van der Waals surface area contributed by atoms with Crippen molar-refractivity contribution in [2.75, 3.05) is 7.11 Å². The second kappa shape index (κ2) is 7.90. The average molecular weight is 388 g/mol. The van der Waals surface area contributed by atoms with Crippen molar-refractivity contribution < 1.29 is 9.30 Å². The van der Waals surface area contributed by atoms with Crippen LogP contribution in [0.5, 0.6) is 0 Å². The molecule has 0 bridgehead atoms. The summed E-state index contributed by atoms with van der Waals surface area (Å²) in [4.78, 5) is 2.52. The first-order valence-corrected chi connectivity index (χ1v) is 10.5. The Morgan fingerprint density at radius 1 is 1.03 bits per heavy atom. The molecule has 0 N–H and O–H groups in total. The van der Waals surface area contributed by atoms with Crippen molar-refractivity contribution in [1.29, 1.82) is 0 Å². The number of aromatic nitrogens is 1. The van der Waals surface area contributed by atoms with Crippen LogP contribution >= 0.6 is 0 Å². The fraction of sp³-hybridized carbons (Fsp3) is 0.346. The van der Waals surface area contributed by atoms with Gasteiger partial charge < -0.3 is 9.64 Å². The van der Waals surface area contributed by atoms with Crippen LogP contribution in [0.15, 0.2) is 78.4 Å². The number of methoxy groups -OCH3 is 1. The third kappa shape index (κ3) is 3.62. The van der Waals surface area contributed by atoms with Crippen molar-refractivity contribution in [2.45, 2.75) is 45.8 Å². The van der Waals surface area contributed by atoms with Crippen LogP contribution in [0.3, 0.4) is 0 Å². The summed E-state index contributed by atoms with van der Waals surface area (Å²) in [6.45, 7) is 8.99. The summed E-state index contributed by atoms with van der Waals surface area (Å²) in [5.41, 5.74) is 3.79. The molecule has 0 amide bonds. The van der Waals surface area contributed by atoms with Gasteiger partial charge in [0, 0.05) is 29.8 Å². The zero-order valence-corrected chi connectivity index (χ0v) is 18.0. The van der Waals surface area contributed by atoms with Gasteiger partial charge >= 0.3 is 0 Å². The Morgan fingerprint density at radius 2 is 1.83 bits per heavy atom. The van der Waals surface area contributed by atoms with Gasteiger partial charge in [-0.3, -0.25) is 0 Å². The average Bonchev–Trinajstić information content (AvgIpc) is 2.72. The van der Waals surface area contributed by atoms with E-state index in [0.717, 1.165) is 5.76 Å². The van der Waals surface area contributed by atoms with Crippen LogP contribution in [0.1, 0.15) is 39.3 Å². The highest BCUT2D eigenvalue weighted by Crippen LogP contribution is 2.34. The van der Waals surface area contributed by atoms with E-state index >= 15 is 0 Å². The maximum absolute atomic E-state index is 5.44.